The van der Waals surface area contributed by atoms with Crippen molar-refractivity contribution in [1.29, 1.82) is 0 Å². The highest BCUT2D eigenvalue weighted by molar-refractivity contribution is 5.90. The molecule has 0 aliphatic heterocycles. The predicted octanol–water partition coefficient (Wildman–Crippen LogP) is 4.91. The van der Waals surface area contributed by atoms with Gasteiger partial charge in [-0.25, -0.2) is 14.1 Å². The van der Waals surface area contributed by atoms with Gasteiger partial charge in [0, 0.05) is 36.8 Å². The van der Waals surface area contributed by atoms with Crippen molar-refractivity contribution in [1.82, 2.24) is 24.6 Å². The molecule has 1 aromatic carbocycles. The van der Waals surface area contributed by atoms with Crippen LogP contribution in [0.1, 0.15) is 36.6 Å². The Morgan fingerprint density at radius 2 is 2.06 bits per heavy atom. The van der Waals surface area contributed by atoms with E-state index in [4.69, 9.17) is 0 Å². The number of carbonyl (C=O) groups is 1. The van der Waals surface area contributed by atoms with Gasteiger partial charge in [0.1, 0.15) is 13.0 Å². The zero-order valence-electron chi connectivity index (χ0n) is 17.4. The summed E-state index contributed by atoms with van der Waals surface area (Å²) in [6.45, 7) is 3.14. The highest BCUT2D eigenvalue weighted by Crippen LogP contribution is 2.33. The lowest BCUT2D eigenvalue weighted by Gasteiger charge is -2.27. The summed E-state index contributed by atoms with van der Waals surface area (Å²) < 4.78 is 53.5. The highest BCUT2D eigenvalue weighted by Gasteiger charge is 2.31. The van der Waals surface area contributed by atoms with E-state index in [0.717, 1.165) is 17.7 Å². The van der Waals surface area contributed by atoms with E-state index in [-0.39, 0.29) is 28.9 Å². The van der Waals surface area contributed by atoms with Crippen LogP contribution in [0.5, 0.6) is 0 Å². The largest absolute Gasteiger partial charge is 0.416 e. The lowest BCUT2D eigenvalue weighted by molar-refractivity contribution is -0.137. The van der Waals surface area contributed by atoms with Crippen LogP contribution in [0.2, 0.25) is 0 Å². The molecule has 32 heavy (non-hydrogen) atoms. The smallest absolute Gasteiger partial charge is 0.333 e. The number of halogens is 4. The lowest BCUT2D eigenvalue weighted by Crippen LogP contribution is -2.32. The minimum absolute atomic E-state index is 0.0148. The number of aromatic nitrogens is 4. The van der Waals surface area contributed by atoms with Gasteiger partial charge < -0.3 is 4.90 Å². The summed E-state index contributed by atoms with van der Waals surface area (Å²) in [5.74, 6) is -0.293. The van der Waals surface area contributed by atoms with Gasteiger partial charge in [-0.05, 0) is 49.2 Å². The van der Waals surface area contributed by atoms with Crippen LogP contribution in [0.3, 0.4) is 0 Å². The van der Waals surface area contributed by atoms with E-state index in [9.17, 15) is 22.4 Å². The number of hydrogen-bond acceptors (Lipinski definition) is 4. The Balaban J connectivity index is 1.79. The third-order valence-electron chi connectivity index (χ3n) is 4.87. The van der Waals surface area contributed by atoms with Crippen molar-refractivity contribution in [3.63, 3.8) is 0 Å². The van der Waals surface area contributed by atoms with Gasteiger partial charge in [0.05, 0.1) is 11.6 Å². The topological polar surface area (TPSA) is 63.9 Å². The fourth-order valence-electron chi connectivity index (χ4n) is 3.20. The van der Waals surface area contributed by atoms with Crippen molar-refractivity contribution in [2.75, 3.05) is 6.54 Å². The van der Waals surface area contributed by atoms with Gasteiger partial charge in [-0.1, -0.05) is 6.07 Å². The first-order chi connectivity index (χ1) is 15.2. The van der Waals surface area contributed by atoms with Crippen molar-refractivity contribution >= 4 is 12.1 Å². The molecule has 0 N–H and O–H groups in total. The Morgan fingerprint density at radius 1 is 1.28 bits per heavy atom. The van der Waals surface area contributed by atoms with Crippen LogP contribution in [0, 0.1) is 0 Å². The molecule has 0 saturated heterocycles. The first-order valence-electron chi connectivity index (χ1n) is 9.80. The quantitative estimate of drug-likeness (QED) is 0.381. The number of likely N-dealkylation sites (N-methyl/N-ethyl adjacent to an activating group) is 1. The molecule has 0 radical (unpaired) electrons. The first kappa shape index (κ1) is 23.1. The molecule has 1 atom stereocenters. The van der Waals surface area contributed by atoms with Crippen molar-refractivity contribution in [3.8, 4) is 11.4 Å². The Labute approximate surface area is 182 Å². The van der Waals surface area contributed by atoms with Gasteiger partial charge in [0.25, 0.3) is 0 Å². The molecule has 6 nitrogen and oxygen atoms in total. The number of hydrogen-bond donors (Lipinski definition) is 0. The van der Waals surface area contributed by atoms with Gasteiger partial charge in [0.15, 0.2) is 5.82 Å². The van der Waals surface area contributed by atoms with Crippen LogP contribution in [-0.2, 0) is 17.6 Å². The standard InChI is InChI=1S/C22H21F4N5O/c1-3-31(15(2)17-5-4-7-27-13-17)20(32)6-8-30-14-28-21(29-30)18-9-16(12-23)10-19(11-18)22(24,25)26/h4-11,13-15H,3,12H2,1-2H3/b8-6-. The number of benzene rings is 1. The zero-order valence-corrected chi connectivity index (χ0v) is 17.4. The number of nitrogens with zero attached hydrogens (tertiary/aromatic N) is 5. The van der Waals surface area contributed by atoms with Crippen LogP contribution in [0.25, 0.3) is 17.6 Å². The maximum atomic E-state index is 13.1. The van der Waals surface area contributed by atoms with Gasteiger partial charge in [-0.2, -0.15) is 13.2 Å². The number of carbonyl (C=O) groups excluding carboxylic acids is 1. The molecule has 1 amide bonds. The molecule has 3 rings (SSSR count). The fourth-order valence-corrected chi connectivity index (χ4v) is 3.20. The van der Waals surface area contributed by atoms with Crippen molar-refractivity contribution in [2.24, 2.45) is 0 Å². The zero-order chi connectivity index (χ0) is 23.3. The van der Waals surface area contributed by atoms with Crippen LogP contribution >= 0.6 is 0 Å². The van der Waals surface area contributed by atoms with Crippen molar-refractivity contribution in [2.45, 2.75) is 32.7 Å². The number of alkyl halides is 4. The lowest BCUT2D eigenvalue weighted by atomic mass is 10.1. The van der Waals surface area contributed by atoms with E-state index in [1.165, 1.54) is 29.4 Å². The molecule has 0 spiro atoms. The summed E-state index contributed by atoms with van der Waals surface area (Å²) in [5, 5.41) is 4.09. The normalized spacial score (nSPS) is 12.8. The summed E-state index contributed by atoms with van der Waals surface area (Å²) >= 11 is 0. The van der Waals surface area contributed by atoms with Crippen molar-refractivity contribution < 1.29 is 22.4 Å². The average Bonchev–Trinajstić information content (AvgIpc) is 3.27. The van der Waals surface area contributed by atoms with E-state index in [1.54, 1.807) is 23.4 Å². The second kappa shape index (κ2) is 9.71. The third kappa shape index (κ3) is 5.37. The van der Waals surface area contributed by atoms with Gasteiger partial charge in [-0.15, -0.1) is 5.10 Å². The summed E-state index contributed by atoms with van der Waals surface area (Å²) in [5.41, 5.74) is -0.189. The molecule has 0 saturated carbocycles. The molecule has 2 heterocycles. The van der Waals surface area contributed by atoms with E-state index >= 15 is 0 Å². The highest BCUT2D eigenvalue weighted by atomic mass is 19.4. The van der Waals surface area contributed by atoms with Crippen LogP contribution in [0.4, 0.5) is 17.6 Å². The summed E-state index contributed by atoms with van der Waals surface area (Å²) in [6.07, 6.45) is 2.64. The molecule has 1 unspecified atom stereocenters. The first-order valence-corrected chi connectivity index (χ1v) is 9.80. The molecule has 0 aliphatic carbocycles. The number of amides is 1. The Kier molecular flexibility index (Phi) is 7.01. The van der Waals surface area contributed by atoms with Gasteiger partial charge in [-0.3, -0.25) is 9.78 Å². The third-order valence-corrected chi connectivity index (χ3v) is 4.87. The average molecular weight is 447 g/mol. The maximum Gasteiger partial charge on any atom is 0.416 e. The fraction of sp³-hybridized carbons (Fsp3) is 0.273. The second-order valence-corrected chi connectivity index (χ2v) is 7.00. The van der Waals surface area contributed by atoms with Crippen molar-refractivity contribution in [3.05, 3.63) is 71.8 Å². The van der Waals surface area contributed by atoms with Gasteiger partial charge >= 0.3 is 6.18 Å². The molecule has 3 aromatic rings. The van der Waals surface area contributed by atoms with E-state index < -0.39 is 18.4 Å². The number of rotatable bonds is 7. The Morgan fingerprint density at radius 3 is 2.69 bits per heavy atom. The van der Waals surface area contributed by atoms with Crippen LogP contribution in [-0.4, -0.2) is 37.1 Å². The molecule has 2 aromatic heterocycles. The second-order valence-electron chi connectivity index (χ2n) is 7.00. The van der Waals surface area contributed by atoms with Crippen LogP contribution in [0.15, 0.2) is 55.1 Å². The molecule has 0 aliphatic rings. The van der Waals surface area contributed by atoms with E-state index in [1.807, 2.05) is 19.9 Å². The minimum atomic E-state index is -4.62. The monoisotopic (exact) mass is 447 g/mol. The number of pyridine rings is 1. The van der Waals surface area contributed by atoms with Gasteiger partial charge in [0.2, 0.25) is 5.91 Å². The minimum Gasteiger partial charge on any atom is -0.333 e. The molecular formula is C22H21F4N5O. The molecule has 0 bridgehead atoms. The SMILES string of the molecule is CCN(C(=O)/C=C\n1cnc(-c2cc(CF)cc(C(F)(F)F)c2)n1)C(C)c1cccnc1. The molecule has 0 fully saturated rings. The molecule has 168 valence electrons. The summed E-state index contributed by atoms with van der Waals surface area (Å²) in [7, 11) is 0. The summed E-state index contributed by atoms with van der Waals surface area (Å²) in [4.78, 5) is 22.4. The van der Waals surface area contributed by atoms with Crippen LogP contribution < -0.4 is 0 Å². The summed E-state index contributed by atoms with van der Waals surface area (Å²) in [6, 6.07) is 6.34. The van der Waals surface area contributed by atoms with E-state index in [0.29, 0.717) is 6.54 Å². The Hall–Kier alpha value is -3.56. The predicted molar refractivity (Wildman–Crippen MR) is 111 cm³/mol. The Bertz CT molecular complexity index is 1100. The molecular weight excluding hydrogens is 426 g/mol. The molecule has 10 heteroatoms. The maximum absolute atomic E-state index is 13.1. The van der Waals surface area contributed by atoms with E-state index in [2.05, 4.69) is 15.1 Å².